The molecule has 2 rings (SSSR count). The van der Waals surface area contributed by atoms with Crippen molar-refractivity contribution in [1.82, 2.24) is 5.32 Å². The van der Waals surface area contributed by atoms with E-state index in [0.29, 0.717) is 18.8 Å². The van der Waals surface area contributed by atoms with Crippen LogP contribution < -0.4 is 5.32 Å². The summed E-state index contributed by atoms with van der Waals surface area (Å²) < 4.78 is 4.73. The van der Waals surface area contributed by atoms with Gasteiger partial charge in [-0.05, 0) is 34.9 Å². The molecule has 1 heterocycles. The molecule has 0 saturated carbocycles. The summed E-state index contributed by atoms with van der Waals surface area (Å²) in [5.74, 6) is 0.112. The molecular weight excluding hydrogens is 334 g/mol. The van der Waals surface area contributed by atoms with Crippen LogP contribution in [0.2, 0.25) is 0 Å². The molecule has 1 atom stereocenters. The summed E-state index contributed by atoms with van der Waals surface area (Å²) in [7, 11) is 1.36. The van der Waals surface area contributed by atoms with E-state index in [9.17, 15) is 9.59 Å². The fourth-order valence-electron chi connectivity index (χ4n) is 2.56. The highest BCUT2D eigenvalue weighted by atomic mass is 32.1. The first-order chi connectivity index (χ1) is 12.0. The van der Waals surface area contributed by atoms with Crippen LogP contribution in [-0.4, -0.2) is 19.0 Å². The first-order valence-corrected chi connectivity index (χ1v) is 9.36. The third-order valence-corrected chi connectivity index (χ3v) is 5.09. The summed E-state index contributed by atoms with van der Waals surface area (Å²) in [6.07, 6.45) is 1.22. The van der Waals surface area contributed by atoms with Crippen LogP contribution in [0.25, 0.3) is 0 Å². The minimum absolute atomic E-state index is 0.0600. The Morgan fingerprint density at radius 3 is 2.44 bits per heavy atom. The van der Waals surface area contributed by atoms with Crippen LogP contribution >= 0.6 is 11.3 Å². The summed E-state index contributed by atoms with van der Waals surface area (Å²) in [4.78, 5) is 24.9. The van der Waals surface area contributed by atoms with Gasteiger partial charge < -0.3 is 10.1 Å². The van der Waals surface area contributed by atoms with Crippen molar-refractivity contribution in [1.29, 1.82) is 0 Å². The fourth-order valence-corrected chi connectivity index (χ4v) is 3.33. The van der Waals surface area contributed by atoms with Gasteiger partial charge >= 0.3 is 5.97 Å². The maximum absolute atomic E-state index is 12.3. The lowest BCUT2D eigenvalue weighted by Crippen LogP contribution is -2.30. The number of rotatable bonds is 8. The third-order valence-electron chi connectivity index (χ3n) is 4.11. The van der Waals surface area contributed by atoms with Crippen LogP contribution in [0.1, 0.15) is 54.7 Å². The van der Waals surface area contributed by atoms with Crippen LogP contribution in [0, 0.1) is 0 Å². The molecule has 0 fully saturated rings. The van der Waals surface area contributed by atoms with Crippen molar-refractivity contribution < 1.29 is 14.3 Å². The van der Waals surface area contributed by atoms with Gasteiger partial charge in [-0.1, -0.05) is 44.2 Å². The Balaban J connectivity index is 1.91. The number of hydrogen-bond donors (Lipinski definition) is 1. The predicted octanol–water partition coefficient (Wildman–Crippen LogP) is 4.22. The second-order valence-electron chi connectivity index (χ2n) is 6.31. The Hall–Kier alpha value is -2.14. The second-order valence-corrected chi connectivity index (χ2v) is 7.29. The second kappa shape index (κ2) is 9.37. The van der Waals surface area contributed by atoms with Gasteiger partial charge in [0, 0.05) is 11.3 Å². The summed E-state index contributed by atoms with van der Waals surface area (Å²) in [6, 6.07) is 11.9. The molecule has 25 heavy (non-hydrogen) atoms. The number of carbonyl (C=O) groups excluding carboxylic acids is 2. The number of hydrogen-bond acceptors (Lipinski definition) is 4. The molecule has 5 heteroatoms. The lowest BCUT2D eigenvalue weighted by Gasteiger charge is -2.16. The van der Waals surface area contributed by atoms with Crippen molar-refractivity contribution >= 4 is 23.2 Å². The SMILES string of the molecule is COC(=O)CC(NC(=O)CCc1ccc(C(C)C)cc1)c1cccs1. The lowest BCUT2D eigenvalue weighted by atomic mass is 10.00. The molecule has 0 spiro atoms. The predicted molar refractivity (Wildman–Crippen MR) is 101 cm³/mol. The molecule has 4 nitrogen and oxygen atoms in total. The molecule has 0 aliphatic carbocycles. The average molecular weight is 359 g/mol. The number of esters is 1. The molecular formula is C20H25NO3S. The largest absolute Gasteiger partial charge is 0.469 e. The normalized spacial score (nSPS) is 12.0. The zero-order valence-corrected chi connectivity index (χ0v) is 15.8. The number of benzene rings is 1. The van der Waals surface area contributed by atoms with Crippen LogP contribution in [-0.2, 0) is 20.7 Å². The van der Waals surface area contributed by atoms with E-state index in [2.05, 4.69) is 43.4 Å². The number of carbonyl (C=O) groups is 2. The summed E-state index contributed by atoms with van der Waals surface area (Å²) in [6.45, 7) is 4.32. The monoisotopic (exact) mass is 359 g/mol. The molecule has 0 saturated heterocycles. The van der Waals surface area contributed by atoms with Crippen molar-refractivity contribution in [3.05, 3.63) is 57.8 Å². The van der Waals surface area contributed by atoms with Crippen molar-refractivity contribution in [2.75, 3.05) is 7.11 Å². The molecule has 1 unspecified atom stereocenters. The van der Waals surface area contributed by atoms with E-state index in [0.717, 1.165) is 10.4 Å². The molecule has 0 radical (unpaired) electrons. The van der Waals surface area contributed by atoms with Crippen LogP contribution in [0.5, 0.6) is 0 Å². The average Bonchev–Trinajstić information content (AvgIpc) is 3.14. The molecule has 1 aromatic carbocycles. The van der Waals surface area contributed by atoms with E-state index < -0.39 is 0 Å². The molecule has 1 amide bonds. The summed E-state index contributed by atoms with van der Waals surface area (Å²) in [5, 5.41) is 4.89. The number of amides is 1. The topological polar surface area (TPSA) is 55.4 Å². The number of thiophene rings is 1. The van der Waals surface area contributed by atoms with Gasteiger partial charge in [0.25, 0.3) is 0 Å². The van der Waals surface area contributed by atoms with Crippen molar-refractivity contribution in [3.8, 4) is 0 Å². The van der Waals surface area contributed by atoms with E-state index in [1.54, 1.807) is 0 Å². The maximum atomic E-state index is 12.3. The maximum Gasteiger partial charge on any atom is 0.307 e. The molecule has 1 aromatic heterocycles. The molecule has 1 N–H and O–H groups in total. The Labute approximate surface area is 153 Å². The van der Waals surface area contributed by atoms with E-state index in [-0.39, 0.29) is 24.3 Å². The first kappa shape index (κ1) is 19.2. The minimum atomic E-state index is -0.331. The molecule has 2 aromatic rings. The van der Waals surface area contributed by atoms with Gasteiger partial charge in [0.2, 0.25) is 5.91 Å². The fraction of sp³-hybridized carbons (Fsp3) is 0.400. The number of methoxy groups -OCH3 is 1. The van der Waals surface area contributed by atoms with E-state index >= 15 is 0 Å². The van der Waals surface area contributed by atoms with Crippen LogP contribution in [0.4, 0.5) is 0 Å². The van der Waals surface area contributed by atoms with Gasteiger partial charge in [-0.25, -0.2) is 0 Å². The third kappa shape index (κ3) is 6.02. The van der Waals surface area contributed by atoms with E-state index in [4.69, 9.17) is 4.74 Å². The van der Waals surface area contributed by atoms with Gasteiger partial charge in [0.1, 0.15) is 0 Å². The van der Waals surface area contributed by atoms with Crippen LogP contribution in [0.15, 0.2) is 41.8 Å². The first-order valence-electron chi connectivity index (χ1n) is 8.48. The van der Waals surface area contributed by atoms with Gasteiger partial charge in [0.15, 0.2) is 0 Å². The summed E-state index contributed by atoms with van der Waals surface area (Å²) >= 11 is 1.52. The molecule has 134 valence electrons. The smallest absolute Gasteiger partial charge is 0.307 e. The highest BCUT2D eigenvalue weighted by Gasteiger charge is 2.19. The lowest BCUT2D eigenvalue weighted by molar-refractivity contribution is -0.141. The summed E-state index contributed by atoms with van der Waals surface area (Å²) in [5.41, 5.74) is 2.43. The quantitative estimate of drug-likeness (QED) is 0.718. The Kier molecular flexibility index (Phi) is 7.19. The Morgan fingerprint density at radius 1 is 1.16 bits per heavy atom. The number of ether oxygens (including phenoxy) is 1. The van der Waals surface area contributed by atoms with Crippen molar-refractivity contribution in [3.63, 3.8) is 0 Å². The highest BCUT2D eigenvalue weighted by Crippen LogP contribution is 2.23. The zero-order valence-electron chi connectivity index (χ0n) is 15.0. The minimum Gasteiger partial charge on any atom is -0.469 e. The van der Waals surface area contributed by atoms with Gasteiger partial charge in [-0.3, -0.25) is 9.59 Å². The standard InChI is InChI=1S/C20H25NO3S/c1-14(2)16-9-6-15(7-10-16)8-11-19(22)21-17(13-20(23)24-3)18-5-4-12-25-18/h4-7,9-10,12,14,17H,8,11,13H2,1-3H3,(H,21,22). The Morgan fingerprint density at radius 2 is 1.88 bits per heavy atom. The van der Waals surface area contributed by atoms with Gasteiger partial charge in [0.05, 0.1) is 19.6 Å². The highest BCUT2D eigenvalue weighted by molar-refractivity contribution is 7.10. The Bertz CT molecular complexity index is 677. The molecule has 0 aliphatic rings. The van der Waals surface area contributed by atoms with Gasteiger partial charge in [-0.15, -0.1) is 11.3 Å². The van der Waals surface area contributed by atoms with E-state index in [1.807, 2.05) is 17.5 Å². The molecule has 0 aliphatic heterocycles. The van der Waals surface area contributed by atoms with E-state index in [1.165, 1.54) is 24.0 Å². The zero-order chi connectivity index (χ0) is 18.2. The van der Waals surface area contributed by atoms with Crippen molar-refractivity contribution in [2.45, 2.75) is 45.1 Å². The van der Waals surface area contributed by atoms with Gasteiger partial charge in [-0.2, -0.15) is 0 Å². The number of nitrogens with one attached hydrogen (secondary N) is 1. The van der Waals surface area contributed by atoms with Crippen LogP contribution in [0.3, 0.4) is 0 Å². The molecule has 0 bridgehead atoms. The number of aryl methyl sites for hydroxylation is 1. The van der Waals surface area contributed by atoms with Crippen molar-refractivity contribution in [2.24, 2.45) is 0 Å².